The van der Waals surface area contributed by atoms with Gasteiger partial charge in [-0.3, -0.25) is 9.69 Å². The first kappa shape index (κ1) is 17.9. The zero-order valence-corrected chi connectivity index (χ0v) is 15.1. The van der Waals surface area contributed by atoms with Gasteiger partial charge in [-0.15, -0.1) is 0 Å². The Morgan fingerprint density at radius 1 is 1.28 bits per heavy atom. The third-order valence-corrected chi connectivity index (χ3v) is 4.93. The number of aryl methyl sites for hydroxylation is 1. The number of carbonyl (C=O) groups is 1. The molecule has 8 heteroatoms. The van der Waals surface area contributed by atoms with Crippen LogP contribution in [0.15, 0.2) is 6.07 Å². The van der Waals surface area contributed by atoms with E-state index in [9.17, 15) is 4.79 Å². The average molecular weight is 348 g/mol. The maximum Gasteiger partial charge on any atom is 0.223 e. The molecule has 1 aromatic heterocycles. The number of amides is 1. The van der Waals surface area contributed by atoms with Crippen molar-refractivity contribution in [2.24, 2.45) is 5.92 Å². The summed E-state index contributed by atoms with van der Waals surface area (Å²) in [6, 6.07) is 1.98. The fourth-order valence-electron chi connectivity index (χ4n) is 3.65. The third kappa shape index (κ3) is 4.58. The van der Waals surface area contributed by atoms with Gasteiger partial charge in [-0.25, -0.2) is 4.98 Å². The van der Waals surface area contributed by atoms with Crippen molar-refractivity contribution in [3.8, 4) is 0 Å². The second-order valence-electron chi connectivity index (χ2n) is 6.92. The van der Waals surface area contributed by atoms with E-state index < -0.39 is 0 Å². The fourth-order valence-corrected chi connectivity index (χ4v) is 3.65. The molecule has 1 atom stereocenters. The molecule has 1 amide bonds. The van der Waals surface area contributed by atoms with E-state index in [4.69, 9.17) is 10.5 Å². The summed E-state index contributed by atoms with van der Waals surface area (Å²) in [5.74, 6) is 1.92. The standard InChI is InChI=1S/C17H28N6O2/c1-13-9-15(20-17(18)19-13)22-5-3-21(4-6-22)11-14-10-16(24)23(12-14)7-8-25-2/h9,14H,3-8,10-12H2,1-2H3,(H2,18,19,20)/t14-/m1/s1. The van der Waals surface area contributed by atoms with Crippen LogP contribution in [0.3, 0.4) is 0 Å². The number of carbonyl (C=O) groups excluding carboxylic acids is 1. The Balaban J connectivity index is 1.47. The zero-order chi connectivity index (χ0) is 17.8. The summed E-state index contributed by atoms with van der Waals surface area (Å²) >= 11 is 0. The number of ether oxygens (including phenoxy) is 1. The monoisotopic (exact) mass is 348 g/mol. The van der Waals surface area contributed by atoms with Gasteiger partial charge >= 0.3 is 0 Å². The molecule has 1 aromatic rings. The molecular formula is C17H28N6O2. The summed E-state index contributed by atoms with van der Waals surface area (Å²) in [5, 5.41) is 0. The highest BCUT2D eigenvalue weighted by Gasteiger charge is 2.31. The van der Waals surface area contributed by atoms with Crippen LogP contribution in [0.2, 0.25) is 0 Å². The Bertz CT molecular complexity index is 583. The van der Waals surface area contributed by atoms with Gasteiger partial charge in [-0.05, 0) is 12.8 Å². The summed E-state index contributed by atoms with van der Waals surface area (Å²) in [4.78, 5) is 27.2. The van der Waals surface area contributed by atoms with Crippen LogP contribution in [0, 0.1) is 12.8 Å². The Labute approximate surface area is 148 Å². The zero-order valence-electron chi connectivity index (χ0n) is 15.1. The Kier molecular flexibility index (Phi) is 5.70. The predicted octanol–water partition coefficient (Wildman–Crippen LogP) is -0.0159. The van der Waals surface area contributed by atoms with Crippen molar-refractivity contribution in [1.29, 1.82) is 0 Å². The van der Waals surface area contributed by atoms with Gasteiger partial charge in [0.05, 0.1) is 6.61 Å². The SMILES string of the molecule is COCCN1C[C@@H](CN2CCN(c3cc(C)nc(N)n3)CC2)CC1=O. The lowest BCUT2D eigenvalue weighted by Gasteiger charge is -2.36. The molecule has 2 aliphatic heterocycles. The molecule has 138 valence electrons. The van der Waals surface area contributed by atoms with Crippen LogP contribution in [-0.4, -0.2) is 85.2 Å². The van der Waals surface area contributed by atoms with E-state index in [1.165, 1.54) is 0 Å². The Morgan fingerprint density at radius 2 is 2.04 bits per heavy atom. The van der Waals surface area contributed by atoms with Gasteiger partial charge < -0.3 is 20.3 Å². The number of rotatable bonds is 6. The molecule has 3 heterocycles. The smallest absolute Gasteiger partial charge is 0.223 e. The third-order valence-electron chi connectivity index (χ3n) is 4.93. The highest BCUT2D eigenvalue weighted by molar-refractivity contribution is 5.78. The molecule has 25 heavy (non-hydrogen) atoms. The second-order valence-corrected chi connectivity index (χ2v) is 6.92. The Hall–Kier alpha value is -1.93. The summed E-state index contributed by atoms with van der Waals surface area (Å²) in [7, 11) is 1.67. The van der Waals surface area contributed by atoms with Crippen molar-refractivity contribution < 1.29 is 9.53 Å². The number of hydrogen-bond donors (Lipinski definition) is 1. The van der Waals surface area contributed by atoms with Crippen molar-refractivity contribution in [3.05, 3.63) is 11.8 Å². The highest BCUT2D eigenvalue weighted by Crippen LogP contribution is 2.21. The molecular weight excluding hydrogens is 320 g/mol. The lowest BCUT2D eigenvalue weighted by Crippen LogP contribution is -2.48. The van der Waals surface area contributed by atoms with Crippen LogP contribution in [0.25, 0.3) is 0 Å². The number of anilines is 2. The van der Waals surface area contributed by atoms with Gasteiger partial charge in [-0.2, -0.15) is 4.98 Å². The van der Waals surface area contributed by atoms with Gasteiger partial charge in [0.2, 0.25) is 11.9 Å². The summed E-state index contributed by atoms with van der Waals surface area (Å²) in [5.41, 5.74) is 6.65. The lowest BCUT2D eigenvalue weighted by molar-refractivity contribution is -0.128. The van der Waals surface area contributed by atoms with Crippen molar-refractivity contribution in [1.82, 2.24) is 19.8 Å². The molecule has 0 aliphatic carbocycles. The van der Waals surface area contributed by atoms with Crippen LogP contribution < -0.4 is 10.6 Å². The molecule has 0 bridgehead atoms. The van der Waals surface area contributed by atoms with Crippen LogP contribution in [0.5, 0.6) is 0 Å². The molecule has 2 aliphatic rings. The molecule has 2 fully saturated rings. The van der Waals surface area contributed by atoms with Crippen molar-refractivity contribution in [2.75, 3.05) is 70.2 Å². The van der Waals surface area contributed by atoms with Crippen LogP contribution in [-0.2, 0) is 9.53 Å². The Morgan fingerprint density at radius 3 is 2.72 bits per heavy atom. The van der Waals surface area contributed by atoms with Crippen LogP contribution >= 0.6 is 0 Å². The number of methoxy groups -OCH3 is 1. The van der Waals surface area contributed by atoms with Gasteiger partial charge in [0.15, 0.2) is 0 Å². The molecule has 8 nitrogen and oxygen atoms in total. The predicted molar refractivity (Wildman–Crippen MR) is 96.4 cm³/mol. The highest BCUT2D eigenvalue weighted by atomic mass is 16.5. The van der Waals surface area contributed by atoms with Crippen molar-refractivity contribution in [2.45, 2.75) is 13.3 Å². The molecule has 2 saturated heterocycles. The minimum Gasteiger partial charge on any atom is -0.383 e. The van der Waals surface area contributed by atoms with E-state index in [0.717, 1.165) is 50.8 Å². The number of nitrogens with two attached hydrogens (primary N) is 1. The molecule has 0 spiro atoms. The number of nitrogen functional groups attached to an aromatic ring is 1. The van der Waals surface area contributed by atoms with Crippen LogP contribution in [0.1, 0.15) is 12.1 Å². The first-order valence-electron chi connectivity index (χ1n) is 8.90. The van der Waals surface area contributed by atoms with E-state index in [2.05, 4.69) is 19.8 Å². The van der Waals surface area contributed by atoms with Gasteiger partial charge in [0.25, 0.3) is 0 Å². The first-order valence-corrected chi connectivity index (χ1v) is 8.90. The molecule has 0 radical (unpaired) electrons. The van der Waals surface area contributed by atoms with Gasteiger partial charge in [0, 0.05) is 71.1 Å². The fraction of sp³-hybridized carbons (Fsp3) is 0.706. The molecule has 2 N–H and O–H groups in total. The van der Waals surface area contributed by atoms with Crippen molar-refractivity contribution >= 4 is 17.7 Å². The minimum atomic E-state index is 0.257. The topological polar surface area (TPSA) is 87.8 Å². The maximum absolute atomic E-state index is 12.1. The van der Waals surface area contributed by atoms with Crippen LogP contribution in [0.4, 0.5) is 11.8 Å². The molecule has 3 rings (SSSR count). The number of aromatic nitrogens is 2. The first-order chi connectivity index (χ1) is 12.0. The largest absolute Gasteiger partial charge is 0.383 e. The van der Waals surface area contributed by atoms with E-state index in [1.54, 1.807) is 7.11 Å². The van der Waals surface area contributed by atoms with Crippen molar-refractivity contribution in [3.63, 3.8) is 0 Å². The van der Waals surface area contributed by atoms with E-state index in [1.807, 2.05) is 17.9 Å². The quantitative estimate of drug-likeness (QED) is 0.773. The minimum absolute atomic E-state index is 0.257. The maximum atomic E-state index is 12.1. The van der Waals surface area contributed by atoms with E-state index in [0.29, 0.717) is 31.4 Å². The molecule has 0 unspecified atom stereocenters. The second kappa shape index (κ2) is 7.97. The normalized spacial score (nSPS) is 22.0. The number of nitrogens with zero attached hydrogens (tertiary/aromatic N) is 5. The van der Waals surface area contributed by atoms with Gasteiger partial charge in [0.1, 0.15) is 5.82 Å². The number of piperazine rings is 1. The lowest BCUT2D eigenvalue weighted by atomic mass is 10.1. The van der Waals surface area contributed by atoms with E-state index in [-0.39, 0.29) is 5.91 Å². The average Bonchev–Trinajstić information content (AvgIpc) is 2.92. The van der Waals surface area contributed by atoms with Gasteiger partial charge in [-0.1, -0.05) is 0 Å². The summed E-state index contributed by atoms with van der Waals surface area (Å²) < 4.78 is 5.08. The molecule has 0 saturated carbocycles. The molecule has 0 aromatic carbocycles. The summed E-state index contributed by atoms with van der Waals surface area (Å²) in [6.45, 7) is 8.88. The summed E-state index contributed by atoms with van der Waals surface area (Å²) in [6.07, 6.45) is 0.658. The number of likely N-dealkylation sites (tertiary alicyclic amines) is 1. The number of hydrogen-bond acceptors (Lipinski definition) is 7. The van der Waals surface area contributed by atoms with E-state index >= 15 is 0 Å².